The van der Waals surface area contributed by atoms with Crippen LogP contribution in [0.2, 0.25) is 0 Å². The highest BCUT2D eigenvalue weighted by molar-refractivity contribution is 7.12. The van der Waals surface area contributed by atoms with E-state index < -0.39 is 0 Å². The molecule has 0 atom stereocenters. The van der Waals surface area contributed by atoms with Gasteiger partial charge in [0.1, 0.15) is 5.75 Å². The summed E-state index contributed by atoms with van der Waals surface area (Å²) in [6, 6.07) is 9.78. The van der Waals surface area contributed by atoms with Gasteiger partial charge in [-0.2, -0.15) is 0 Å². The Hall–Kier alpha value is -1.61. The summed E-state index contributed by atoms with van der Waals surface area (Å²) in [5, 5.41) is 1.99. The van der Waals surface area contributed by atoms with Crippen LogP contribution in [0, 0.1) is 0 Å². The smallest absolute Gasteiger partial charge is 0.160 e. The number of carbonyl (C=O) groups is 1. The molecule has 0 aliphatic carbocycles. The number of benzene rings is 1. The van der Waals surface area contributed by atoms with Crippen molar-refractivity contribution in [1.29, 1.82) is 0 Å². The lowest BCUT2D eigenvalue weighted by Gasteiger charge is -2.03. The Morgan fingerprint density at radius 3 is 2.56 bits per heavy atom. The van der Waals surface area contributed by atoms with Crippen molar-refractivity contribution in [3.8, 4) is 16.9 Å². The van der Waals surface area contributed by atoms with E-state index in [9.17, 15) is 4.79 Å². The summed E-state index contributed by atoms with van der Waals surface area (Å²) in [5.41, 5.74) is 2.18. The molecule has 2 aromatic rings. The standard InChI is InChI=1S/C13H12O2S/c1-2-15-12-5-3-10(4-6-12)11-7-13(8-14)16-9-11/h3-9H,2H2,1H3. The van der Waals surface area contributed by atoms with E-state index >= 15 is 0 Å². The number of rotatable bonds is 4. The van der Waals surface area contributed by atoms with E-state index in [0.29, 0.717) is 6.61 Å². The molecule has 0 saturated carbocycles. The minimum absolute atomic E-state index is 0.674. The van der Waals surface area contributed by atoms with Crippen molar-refractivity contribution in [2.24, 2.45) is 0 Å². The molecule has 0 bridgehead atoms. The van der Waals surface area contributed by atoms with Crippen molar-refractivity contribution in [2.45, 2.75) is 6.92 Å². The first kappa shape index (κ1) is 10.9. The van der Waals surface area contributed by atoms with Crippen LogP contribution < -0.4 is 4.74 Å². The largest absolute Gasteiger partial charge is 0.494 e. The van der Waals surface area contributed by atoms with Crippen molar-refractivity contribution < 1.29 is 9.53 Å². The molecule has 0 radical (unpaired) electrons. The Kier molecular flexibility index (Phi) is 3.37. The molecule has 0 unspecified atom stereocenters. The molecule has 0 amide bonds. The van der Waals surface area contributed by atoms with Crippen molar-refractivity contribution in [3.63, 3.8) is 0 Å². The number of thiophene rings is 1. The Labute approximate surface area is 98.5 Å². The lowest BCUT2D eigenvalue weighted by Crippen LogP contribution is -1.90. The molecule has 1 aromatic heterocycles. The van der Waals surface area contributed by atoms with E-state index in [-0.39, 0.29) is 0 Å². The van der Waals surface area contributed by atoms with E-state index in [0.717, 1.165) is 28.0 Å². The van der Waals surface area contributed by atoms with Gasteiger partial charge in [0.15, 0.2) is 6.29 Å². The van der Waals surface area contributed by atoms with Gasteiger partial charge in [0.05, 0.1) is 11.5 Å². The third-order valence-electron chi connectivity index (χ3n) is 2.23. The Balaban J connectivity index is 2.23. The van der Waals surface area contributed by atoms with Gasteiger partial charge in [-0.05, 0) is 41.6 Å². The molecule has 0 N–H and O–H groups in total. The van der Waals surface area contributed by atoms with Gasteiger partial charge in [-0.15, -0.1) is 11.3 Å². The highest BCUT2D eigenvalue weighted by Crippen LogP contribution is 2.26. The van der Waals surface area contributed by atoms with E-state index in [1.807, 2.05) is 42.6 Å². The average molecular weight is 232 g/mol. The number of hydrogen-bond donors (Lipinski definition) is 0. The Morgan fingerprint density at radius 1 is 1.25 bits per heavy atom. The van der Waals surface area contributed by atoms with Crippen LogP contribution in [0.15, 0.2) is 35.7 Å². The lowest BCUT2D eigenvalue weighted by atomic mass is 10.1. The van der Waals surface area contributed by atoms with Crippen LogP contribution in [-0.2, 0) is 0 Å². The number of hydrogen-bond acceptors (Lipinski definition) is 3. The molecule has 1 aromatic carbocycles. The first-order valence-corrected chi connectivity index (χ1v) is 5.98. The Bertz CT molecular complexity index is 471. The van der Waals surface area contributed by atoms with Crippen LogP contribution >= 0.6 is 11.3 Å². The molecule has 0 aliphatic heterocycles. The lowest BCUT2D eigenvalue weighted by molar-refractivity contribution is 0.112. The van der Waals surface area contributed by atoms with Gasteiger partial charge in [-0.3, -0.25) is 4.79 Å². The fraction of sp³-hybridized carbons (Fsp3) is 0.154. The van der Waals surface area contributed by atoms with E-state index in [1.54, 1.807) is 0 Å². The number of ether oxygens (including phenoxy) is 1. The van der Waals surface area contributed by atoms with Gasteiger partial charge in [0.2, 0.25) is 0 Å². The van der Waals surface area contributed by atoms with E-state index in [2.05, 4.69) is 0 Å². The van der Waals surface area contributed by atoms with E-state index in [4.69, 9.17) is 4.74 Å². The summed E-state index contributed by atoms with van der Waals surface area (Å²) in [5.74, 6) is 0.872. The summed E-state index contributed by atoms with van der Waals surface area (Å²) in [7, 11) is 0. The summed E-state index contributed by atoms with van der Waals surface area (Å²) < 4.78 is 5.37. The predicted octanol–water partition coefficient (Wildman–Crippen LogP) is 3.63. The SMILES string of the molecule is CCOc1ccc(-c2csc(C=O)c2)cc1. The molecular formula is C13H12O2S. The first-order chi connectivity index (χ1) is 7.83. The highest BCUT2D eigenvalue weighted by atomic mass is 32.1. The fourth-order valence-electron chi connectivity index (χ4n) is 1.48. The second-order valence-electron chi connectivity index (χ2n) is 3.31. The second kappa shape index (κ2) is 4.94. The van der Waals surface area contributed by atoms with Crippen LogP contribution in [0.1, 0.15) is 16.6 Å². The summed E-state index contributed by atoms with van der Waals surface area (Å²) >= 11 is 1.46. The molecule has 2 nitrogen and oxygen atoms in total. The molecule has 0 spiro atoms. The van der Waals surface area contributed by atoms with Crippen LogP contribution in [0.5, 0.6) is 5.75 Å². The zero-order valence-electron chi connectivity index (χ0n) is 8.97. The van der Waals surface area contributed by atoms with Crippen LogP contribution in [0.25, 0.3) is 11.1 Å². The van der Waals surface area contributed by atoms with Gasteiger partial charge in [-0.25, -0.2) is 0 Å². The molecule has 0 saturated heterocycles. The molecule has 0 aliphatic rings. The van der Waals surface area contributed by atoms with Crippen molar-refractivity contribution in [2.75, 3.05) is 6.61 Å². The third-order valence-corrected chi connectivity index (χ3v) is 3.09. The molecule has 82 valence electrons. The molecule has 0 fully saturated rings. The Morgan fingerprint density at radius 2 is 2.00 bits per heavy atom. The molecule has 1 heterocycles. The molecular weight excluding hydrogens is 220 g/mol. The summed E-state index contributed by atoms with van der Waals surface area (Å²) in [6.45, 7) is 2.64. The second-order valence-corrected chi connectivity index (χ2v) is 4.26. The first-order valence-electron chi connectivity index (χ1n) is 5.10. The van der Waals surface area contributed by atoms with E-state index in [1.165, 1.54) is 11.3 Å². The minimum atomic E-state index is 0.674. The van der Waals surface area contributed by atoms with Crippen LogP contribution in [-0.4, -0.2) is 12.9 Å². The monoisotopic (exact) mass is 232 g/mol. The quantitative estimate of drug-likeness (QED) is 0.752. The van der Waals surface area contributed by atoms with Gasteiger partial charge >= 0.3 is 0 Å². The molecule has 16 heavy (non-hydrogen) atoms. The summed E-state index contributed by atoms with van der Waals surface area (Å²) in [4.78, 5) is 11.3. The van der Waals surface area contributed by atoms with Crippen molar-refractivity contribution in [1.82, 2.24) is 0 Å². The van der Waals surface area contributed by atoms with Crippen molar-refractivity contribution >= 4 is 17.6 Å². The molecule has 2 rings (SSSR count). The van der Waals surface area contributed by atoms with Gasteiger partial charge in [0, 0.05) is 0 Å². The van der Waals surface area contributed by atoms with Crippen molar-refractivity contribution in [3.05, 3.63) is 40.6 Å². The predicted molar refractivity (Wildman–Crippen MR) is 66.3 cm³/mol. The normalized spacial score (nSPS) is 10.1. The van der Waals surface area contributed by atoms with Gasteiger partial charge in [0.25, 0.3) is 0 Å². The highest BCUT2D eigenvalue weighted by Gasteiger charge is 2.02. The zero-order chi connectivity index (χ0) is 11.4. The van der Waals surface area contributed by atoms with Crippen LogP contribution in [0.3, 0.4) is 0 Å². The topological polar surface area (TPSA) is 26.3 Å². The maximum Gasteiger partial charge on any atom is 0.160 e. The average Bonchev–Trinajstić information content (AvgIpc) is 2.79. The maximum atomic E-state index is 10.6. The van der Waals surface area contributed by atoms with Gasteiger partial charge in [-0.1, -0.05) is 12.1 Å². The summed E-state index contributed by atoms with van der Waals surface area (Å²) in [6.07, 6.45) is 0.878. The maximum absolute atomic E-state index is 10.6. The van der Waals surface area contributed by atoms with Gasteiger partial charge < -0.3 is 4.74 Å². The fourth-order valence-corrected chi connectivity index (χ4v) is 2.19. The third kappa shape index (κ3) is 2.31. The minimum Gasteiger partial charge on any atom is -0.494 e. The zero-order valence-corrected chi connectivity index (χ0v) is 9.79. The van der Waals surface area contributed by atoms with Crippen LogP contribution in [0.4, 0.5) is 0 Å². The number of aldehydes is 1. The molecule has 3 heteroatoms. The number of carbonyl (C=O) groups excluding carboxylic acids is 1.